The first-order valence-corrected chi connectivity index (χ1v) is 8.77. The van der Waals surface area contributed by atoms with Crippen molar-refractivity contribution in [1.82, 2.24) is 0 Å². The molecule has 0 aromatic heterocycles. The van der Waals surface area contributed by atoms with Gasteiger partial charge in [-0.15, -0.1) is 18.4 Å². The van der Waals surface area contributed by atoms with Crippen LogP contribution in [0.2, 0.25) is 0 Å². The van der Waals surface area contributed by atoms with Crippen LogP contribution >= 0.6 is 0 Å². The normalized spacial score (nSPS) is 16.8. The van der Waals surface area contributed by atoms with E-state index in [0.717, 1.165) is 18.3 Å². The maximum atomic E-state index is 3.36. The van der Waals surface area contributed by atoms with Crippen LogP contribution in [-0.4, -0.2) is 0 Å². The van der Waals surface area contributed by atoms with Crippen LogP contribution in [0.15, 0.2) is 24.8 Å². The minimum Gasteiger partial charge on any atom is -0.107 e. The lowest BCUT2D eigenvalue weighted by molar-refractivity contribution is 0.289. The van der Waals surface area contributed by atoms with Gasteiger partial charge in [0.15, 0.2) is 0 Å². The molecule has 1 unspecified atom stereocenters. The monoisotopic (exact) mass is 288 g/mol. The highest BCUT2D eigenvalue weighted by Gasteiger charge is 2.17. The SMILES string of the molecule is C=CC.CC#CCC(C/C=C/C(C)C)CC1CCCCC1. The molecule has 120 valence electrons. The first kappa shape index (κ1) is 20.0. The summed E-state index contributed by atoms with van der Waals surface area (Å²) in [6, 6.07) is 0. The molecule has 21 heavy (non-hydrogen) atoms. The third kappa shape index (κ3) is 12.5. The van der Waals surface area contributed by atoms with E-state index in [1.807, 2.05) is 13.8 Å². The zero-order valence-electron chi connectivity index (χ0n) is 14.8. The fourth-order valence-corrected chi connectivity index (χ4v) is 2.95. The van der Waals surface area contributed by atoms with Crippen molar-refractivity contribution in [3.63, 3.8) is 0 Å². The largest absolute Gasteiger partial charge is 0.107 e. The first-order valence-electron chi connectivity index (χ1n) is 8.77. The molecule has 0 aliphatic heterocycles. The van der Waals surface area contributed by atoms with Crippen molar-refractivity contribution >= 4 is 0 Å². The van der Waals surface area contributed by atoms with Crippen molar-refractivity contribution in [3.05, 3.63) is 24.8 Å². The second-order valence-electron chi connectivity index (χ2n) is 6.55. The van der Waals surface area contributed by atoms with Crippen LogP contribution in [0.4, 0.5) is 0 Å². The zero-order chi connectivity index (χ0) is 15.9. The molecular weight excluding hydrogens is 252 g/mol. The second-order valence-corrected chi connectivity index (χ2v) is 6.55. The summed E-state index contributed by atoms with van der Waals surface area (Å²) < 4.78 is 0. The molecule has 0 heterocycles. The Morgan fingerprint density at radius 2 is 1.81 bits per heavy atom. The maximum Gasteiger partial charge on any atom is 0.0120 e. The fraction of sp³-hybridized carbons (Fsp3) is 0.714. The minimum absolute atomic E-state index is 0.678. The number of allylic oxidation sites excluding steroid dienone is 3. The van der Waals surface area contributed by atoms with E-state index >= 15 is 0 Å². The van der Waals surface area contributed by atoms with Crippen LogP contribution < -0.4 is 0 Å². The van der Waals surface area contributed by atoms with Gasteiger partial charge in [0.05, 0.1) is 0 Å². The Kier molecular flexibility index (Phi) is 13.4. The molecule has 1 saturated carbocycles. The Morgan fingerprint density at radius 3 is 2.33 bits per heavy atom. The molecule has 0 aromatic rings. The summed E-state index contributed by atoms with van der Waals surface area (Å²) in [4.78, 5) is 0. The Labute approximate surface area is 134 Å². The molecule has 0 bridgehead atoms. The van der Waals surface area contributed by atoms with Crippen LogP contribution in [-0.2, 0) is 0 Å². The molecule has 0 heteroatoms. The number of hydrogen-bond acceptors (Lipinski definition) is 0. The van der Waals surface area contributed by atoms with E-state index in [4.69, 9.17) is 0 Å². The molecule has 0 aromatic carbocycles. The molecule has 0 nitrogen and oxygen atoms in total. The second kappa shape index (κ2) is 14.0. The van der Waals surface area contributed by atoms with Crippen molar-refractivity contribution in [3.8, 4) is 11.8 Å². The summed E-state index contributed by atoms with van der Waals surface area (Å²) in [5.74, 6) is 8.80. The lowest BCUT2D eigenvalue weighted by Gasteiger charge is -2.25. The predicted octanol–water partition coefficient (Wildman–Crippen LogP) is 6.78. The molecule has 1 aliphatic rings. The molecule has 1 aliphatic carbocycles. The van der Waals surface area contributed by atoms with Crippen molar-refractivity contribution in [2.45, 2.75) is 79.1 Å². The fourth-order valence-electron chi connectivity index (χ4n) is 2.95. The van der Waals surface area contributed by atoms with Gasteiger partial charge in [-0.2, -0.15) is 0 Å². The Morgan fingerprint density at radius 1 is 1.19 bits per heavy atom. The molecule has 0 N–H and O–H groups in total. The van der Waals surface area contributed by atoms with Gasteiger partial charge in [0, 0.05) is 6.42 Å². The Bertz CT molecular complexity index is 318. The molecule has 0 radical (unpaired) electrons. The quantitative estimate of drug-likeness (QED) is 0.373. The molecular formula is C21H36. The zero-order valence-corrected chi connectivity index (χ0v) is 14.8. The van der Waals surface area contributed by atoms with Crippen LogP contribution in [0, 0.1) is 29.6 Å². The van der Waals surface area contributed by atoms with E-state index in [2.05, 4.69) is 44.4 Å². The van der Waals surface area contributed by atoms with E-state index in [-0.39, 0.29) is 0 Å². The van der Waals surface area contributed by atoms with E-state index in [1.165, 1.54) is 44.9 Å². The predicted molar refractivity (Wildman–Crippen MR) is 97.2 cm³/mol. The third-order valence-corrected chi connectivity index (χ3v) is 3.95. The van der Waals surface area contributed by atoms with E-state index in [0.29, 0.717) is 5.92 Å². The highest BCUT2D eigenvalue weighted by atomic mass is 14.2. The van der Waals surface area contributed by atoms with Gasteiger partial charge < -0.3 is 0 Å². The average Bonchev–Trinajstić information content (AvgIpc) is 2.46. The Balaban J connectivity index is 0.00000122. The van der Waals surface area contributed by atoms with Crippen molar-refractivity contribution < 1.29 is 0 Å². The lowest BCUT2D eigenvalue weighted by atomic mass is 9.81. The van der Waals surface area contributed by atoms with Crippen LogP contribution in [0.5, 0.6) is 0 Å². The summed E-state index contributed by atoms with van der Waals surface area (Å²) in [5, 5.41) is 0. The Hall–Kier alpha value is -0.960. The van der Waals surface area contributed by atoms with Crippen molar-refractivity contribution in [1.29, 1.82) is 0 Å². The average molecular weight is 289 g/mol. The van der Waals surface area contributed by atoms with E-state index in [1.54, 1.807) is 6.08 Å². The lowest BCUT2D eigenvalue weighted by Crippen LogP contribution is -2.12. The van der Waals surface area contributed by atoms with E-state index < -0.39 is 0 Å². The van der Waals surface area contributed by atoms with Crippen molar-refractivity contribution in [2.24, 2.45) is 17.8 Å². The molecule has 1 atom stereocenters. The van der Waals surface area contributed by atoms with Gasteiger partial charge >= 0.3 is 0 Å². The third-order valence-electron chi connectivity index (χ3n) is 3.95. The molecule has 0 amide bonds. The standard InChI is InChI=1S/C18H30.C3H6/c1-4-5-11-17(14-9-10-16(2)3)15-18-12-7-6-8-13-18;1-3-2/h9-10,16-18H,6-8,11-15H2,1-3H3;3H,1H2,2H3/b10-9+;. The molecule has 0 saturated heterocycles. The van der Waals surface area contributed by atoms with Gasteiger partial charge in [0.25, 0.3) is 0 Å². The van der Waals surface area contributed by atoms with Crippen LogP contribution in [0.25, 0.3) is 0 Å². The number of hydrogen-bond donors (Lipinski definition) is 0. The van der Waals surface area contributed by atoms with Gasteiger partial charge in [-0.05, 0) is 44.4 Å². The van der Waals surface area contributed by atoms with Crippen LogP contribution in [0.1, 0.15) is 79.1 Å². The van der Waals surface area contributed by atoms with Gasteiger partial charge in [-0.1, -0.05) is 64.2 Å². The summed E-state index contributed by atoms with van der Waals surface area (Å²) in [5.41, 5.74) is 0. The van der Waals surface area contributed by atoms with Crippen molar-refractivity contribution in [2.75, 3.05) is 0 Å². The van der Waals surface area contributed by atoms with Gasteiger partial charge in [0.2, 0.25) is 0 Å². The highest BCUT2D eigenvalue weighted by molar-refractivity contribution is 4.98. The molecule has 0 spiro atoms. The number of rotatable bonds is 6. The van der Waals surface area contributed by atoms with Gasteiger partial charge in [-0.3, -0.25) is 0 Å². The highest BCUT2D eigenvalue weighted by Crippen LogP contribution is 2.31. The van der Waals surface area contributed by atoms with Gasteiger partial charge in [0.1, 0.15) is 0 Å². The first-order chi connectivity index (χ1) is 10.1. The topological polar surface area (TPSA) is 0 Å². The summed E-state index contributed by atoms with van der Waals surface area (Å²) in [7, 11) is 0. The summed E-state index contributed by atoms with van der Waals surface area (Å²) in [6.07, 6.45) is 17.5. The van der Waals surface area contributed by atoms with E-state index in [9.17, 15) is 0 Å². The summed E-state index contributed by atoms with van der Waals surface area (Å²) in [6.45, 7) is 11.7. The molecule has 1 rings (SSSR count). The minimum atomic E-state index is 0.678. The smallest absolute Gasteiger partial charge is 0.0120 e. The molecule has 1 fully saturated rings. The maximum absolute atomic E-state index is 3.36. The van der Waals surface area contributed by atoms with Gasteiger partial charge in [-0.25, -0.2) is 0 Å². The summed E-state index contributed by atoms with van der Waals surface area (Å²) >= 11 is 0. The van der Waals surface area contributed by atoms with Crippen LogP contribution in [0.3, 0.4) is 0 Å².